The SMILES string of the molecule is CCCc1noc(-c2c[nH]n(-c3ccccc3)c2=O)n1. The zero-order valence-corrected chi connectivity index (χ0v) is 11.0. The first-order chi connectivity index (χ1) is 9.79. The van der Waals surface area contributed by atoms with Gasteiger partial charge in [0.05, 0.1) is 5.69 Å². The Morgan fingerprint density at radius 1 is 1.30 bits per heavy atom. The van der Waals surface area contributed by atoms with Gasteiger partial charge in [0.2, 0.25) is 0 Å². The van der Waals surface area contributed by atoms with E-state index >= 15 is 0 Å². The van der Waals surface area contributed by atoms with Gasteiger partial charge in [0.25, 0.3) is 11.4 Å². The number of nitrogens with one attached hydrogen (secondary N) is 1. The summed E-state index contributed by atoms with van der Waals surface area (Å²) in [4.78, 5) is 16.6. The fraction of sp³-hybridized carbons (Fsp3) is 0.214. The van der Waals surface area contributed by atoms with Crippen molar-refractivity contribution in [3.8, 4) is 17.1 Å². The van der Waals surface area contributed by atoms with Crippen LogP contribution in [0.3, 0.4) is 0 Å². The lowest BCUT2D eigenvalue weighted by atomic mass is 10.3. The number of H-pyrrole nitrogens is 1. The number of hydrogen-bond donors (Lipinski definition) is 1. The van der Waals surface area contributed by atoms with Crippen molar-refractivity contribution in [2.24, 2.45) is 0 Å². The Morgan fingerprint density at radius 2 is 2.10 bits per heavy atom. The highest BCUT2D eigenvalue weighted by molar-refractivity contribution is 5.51. The van der Waals surface area contributed by atoms with Crippen molar-refractivity contribution in [2.75, 3.05) is 0 Å². The number of hydrogen-bond acceptors (Lipinski definition) is 4. The van der Waals surface area contributed by atoms with Gasteiger partial charge >= 0.3 is 0 Å². The molecular formula is C14H14N4O2. The Kier molecular flexibility index (Phi) is 3.20. The van der Waals surface area contributed by atoms with Crippen LogP contribution in [0.25, 0.3) is 17.1 Å². The van der Waals surface area contributed by atoms with Crippen LogP contribution in [0, 0.1) is 0 Å². The van der Waals surface area contributed by atoms with E-state index in [1.54, 1.807) is 6.20 Å². The summed E-state index contributed by atoms with van der Waals surface area (Å²) < 4.78 is 6.58. The van der Waals surface area contributed by atoms with Crippen molar-refractivity contribution < 1.29 is 4.52 Å². The van der Waals surface area contributed by atoms with Crippen molar-refractivity contribution in [3.63, 3.8) is 0 Å². The predicted molar refractivity (Wildman–Crippen MR) is 73.7 cm³/mol. The third-order valence-corrected chi connectivity index (χ3v) is 2.96. The van der Waals surface area contributed by atoms with Crippen LogP contribution in [0.15, 0.2) is 45.8 Å². The monoisotopic (exact) mass is 270 g/mol. The van der Waals surface area contributed by atoms with Gasteiger partial charge in [0, 0.05) is 12.6 Å². The lowest BCUT2D eigenvalue weighted by Crippen LogP contribution is -2.15. The largest absolute Gasteiger partial charge is 0.334 e. The van der Waals surface area contributed by atoms with E-state index in [0.29, 0.717) is 11.4 Å². The number of aromatic amines is 1. The standard InChI is InChI=1S/C14H14N4O2/c1-2-6-12-16-13(20-17-12)11-9-15-18(14(11)19)10-7-4-3-5-8-10/h3-5,7-9,15H,2,6H2,1H3. The normalized spacial score (nSPS) is 10.8. The number of rotatable bonds is 4. The van der Waals surface area contributed by atoms with Crippen molar-refractivity contribution in [1.29, 1.82) is 0 Å². The zero-order chi connectivity index (χ0) is 13.9. The van der Waals surface area contributed by atoms with Gasteiger partial charge in [0.15, 0.2) is 5.82 Å². The van der Waals surface area contributed by atoms with Gasteiger partial charge in [-0.3, -0.25) is 9.89 Å². The molecule has 0 saturated heterocycles. The first-order valence-electron chi connectivity index (χ1n) is 6.48. The molecule has 0 radical (unpaired) electrons. The molecule has 0 fully saturated rings. The maximum absolute atomic E-state index is 12.3. The Hall–Kier alpha value is -2.63. The molecular weight excluding hydrogens is 256 g/mol. The molecule has 3 rings (SSSR count). The second kappa shape index (κ2) is 5.16. The molecule has 2 aromatic heterocycles. The molecule has 0 bridgehead atoms. The highest BCUT2D eigenvalue weighted by atomic mass is 16.5. The van der Waals surface area contributed by atoms with Crippen molar-refractivity contribution in [2.45, 2.75) is 19.8 Å². The zero-order valence-electron chi connectivity index (χ0n) is 11.0. The number of nitrogens with zero attached hydrogens (tertiary/aromatic N) is 3. The van der Waals surface area contributed by atoms with Gasteiger partial charge in [-0.05, 0) is 18.6 Å². The van der Waals surface area contributed by atoms with Gasteiger partial charge < -0.3 is 4.52 Å². The van der Waals surface area contributed by atoms with Crippen LogP contribution in [0.5, 0.6) is 0 Å². The van der Waals surface area contributed by atoms with E-state index in [0.717, 1.165) is 18.5 Å². The molecule has 0 spiro atoms. The minimum Gasteiger partial charge on any atom is -0.334 e. The second-order valence-electron chi connectivity index (χ2n) is 4.43. The summed E-state index contributed by atoms with van der Waals surface area (Å²) in [7, 11) is 0. The van der Waals surface area contributed by atoms with Gasteiger partial charge in [-0.15, -0.1) is 0 Å². The highest BCUT2D eigenvalue weighted by Crippen LogP contribution is 2.14. The van der Waals surface area contributed by atoms with Crippen molar-refractivity contribution >= 4 is 0 Å². The molecule has 0 aliphatic heterocycles. The van der Waals surface area contributed by atoms with E-state index in [4.69, 9.17) is 4.52 Å². The minimum atomic E-state index is -0.206. The molecule has 0 atom stereocenters. The second-order valence-corrected chi connectivity index (χ2v) is 4.43. The highest BCUT2D eigenvalue weighted by Gasteiger charge is 2.15. The summed E-state index contributed by atoms with van der Waals surface area (Å²) in [5.74, 6) is 0.874. The number of para-hydroxylation sites is 1. The fourth-order valence-corrected chi connectivity index (χ4v) is 1.98. The summed E-state index contributed by atoms with van der Waals surface area (Å²) in [5, 5.41) is 6.76. The van der Waals surface area contributed by atoms with E-state index in [1.807, 2.05) is 37.3 Å². The molecule has 0 unspecified atom stereocenters. The summed E-state index contributed by atoms with van der Waals surface area (Å²) in [6.07, 6.45) is 3.25. The molecule has 6 heteroatoms. The van der Waals surface area contributed by atoms with Crippen LogP contribution in [0.4, 0.5) is 0 Å². The minimum absolute atomic E-state index is 0.206. The summed E-state index contributed by atoms with van der Waals surface area (Å²) in [6, 6.07) is 9.33. The molecule has 0 saturated carbocycles. The molecule has 20 heavy (non-hydrogen) atoms. The van der Waals surface area contributed by atoms with Crippen LogP contribution in [-0.4, -0.2) is 19.9 Å². The van der Waals surface area contributed by atoms with E-state index in [1.165, 1.54) is 4.68 Å². The average molecular weight is 270 g/mol. The molecule has 1 N–H and O–H groups in total. The van der Waals surface area contributed by atoms with Gasteiger partial charge in [-0.25, -0.2) is 4.68 Å². The quantitative estimate of drug-likeness (QED) is 0.788. The summed E-state index contributed by atoms with van der Waals surface area (Å²) in [6.45, 7) is 2.04. The van der Waals surface area contributed by atoms with Crippen molar-refractivity contribution in [3.05, 3.63) is 52.7 Å². The molecule has 102 valence electrons. The Labute approximate surface area is 115 Å². The summed E-state index contributed by atoms with van der Waals surface area (Å²) in [5.41, 5.74) is 0.934. The van der Waals surface area contributed by atoms with Crippen LogP contribution in [-0.2, 0) is 6.42 Å². The van der Waals surface area contributed by atoms with Crippen LogP contribution < -0.4 is 5.56 Å². The van der Waals surface area contributed by atoms with Gasteiger partial charge in [-0.1, -0.05) is 30.3 Å². The first-order valence-corrected chi connectivity index (χ1v) is 6.48. The van der Waals surface area contributed by atoms with Crippen LogP contribution in [0.1, 0.15) is 19.2 Å². The predicted octanol–water partition coefficient (Wildman–Crippen LogP) is 2.17. The maximum Gasteiger partial charge on any atom is 0.284 e. The Balaban J connectivity index is 2.00. The maximum atomic E-state index is 12.3. The molecule has 0 aliphatic carbocycles. The molecule has 3 aromatic rings. The Morgan fingerprint density at radius 3 is 2.85 bits per heavy atom. The van der Waals surface area contributed by atoms with E-state index in [9.17, 15) is 4.79 Å². The van der Waals surface area contributed by atoms with E-state index < -0.39 is 0 Å². The molecule has 6 nitrogen and oxygen atoms in total. The third-order valence-electron chi connectivity index (χ3n) is 2.96. The average Bonchev–Trinajstić information content (AvgIpc) is 3.07. The van der Waals surface area contributed by atoms with E-state index in [-0.39, 0.29) is 11.4 Å². The lowest BCUT2D eigenvalue weighted by Gasteiger charge is -1.98. The number of aryl methyl sites for hydroxylation is 1. The van der Waals surface area contributed by atoms with Crippen LogP contribution >= 0.6 is 0 Å². The number of benzene rings is 1. The molecule has 1 aromatic carbocycles. The van der Waals surface area contributed by atoms with Gasteiger partial charge in [-0.2, -0.15) is 4.98 Å². The van der Waals surface area contributed by atoms with Gasteiger partial charge in [0.1, 0.15) is 5.56 Å². The molecule has 0 aliphatic rings. The Bertz CT molecular complexity index is 755. The lowest BCUT2D eigenvalue weighted by molar-refractivity contribution is 0.422. The molecule has 0 amide bonds. The first kappa shape index (κ1) is 12.4. The van der Waals surface area contributed by atoms with Crippen LogP contribution in [0.2, 0.25) is 0 Å². The third kappa shape index (κ3) is 2.16. The fourth-order valence-electron chi connectivity index (χ4n) is 1.98. The molecule has 2 heterocycles. The topological polar surface area (TPSA) is 76.7 Å². The van der Waals surface area contributed by atoms with Crippen molar-refractivity contribution in [1.82, 2.24) is 19.9 Å². The summed E-state index contributed by atoms with van der Waals surface area (Å²) >= 11 is 0. The van der Waals surface area contributed by atoms with E-state index in [2.05, 4.69) is 15.2 Å². The smallest absolute Gasteiger partial charge is 0.284 e. The number of aromatic nitrogens is 4.